The zero-order chi connectivity index (χ0) is 66.1. The number of nitrogens with one attached hydrogen (secondary N) is 1. The lowest BCUT2D eigenvalue weighted by molar-refractivity contribution is -0.379. The van der Waals surface area contributed by atoms with Crippen molar-refractivity contribution in [2.24, 2.45) is 0 Å². The number of carbonyl (C=O) groups excluding carboxylic acids is 1. The van der Waals surface area contributed by atoms with E-state index >= 15 is 0 Å². The van der Waals surface area contributed by atoms with Crippen molar-refractivity contribution in [3.05, 3.63) is 48.6 Å². The fourth-order valence-electron chi connectivity index (χ4n) is 12.2. The average molecular weight is 1300 g/mol. The number of amides is 1. The van der Waals surface area contributed by atoms with Crippen LogP contribution in [0.2, 0.25) is 0 Å². The van der Waals surface area contributed by atoms with E-state index in [-0.39, 0.29) is 18.9 Å². The summed E-state index contributed by atoms with van der Waals surface area (Å²) in [6.45, 7) is 1.70. The summed E-state index contributed by atoms with van der Waals surface area (Å²) in [6, 6.07) is -0.988. The maximum atomic E-state index is 13.4. The van der Waals surface area contributed by atoms with Crippen molar-refractivity contribution in [3.8, 4) is 0 Å². The highest BCUT2D eigenvalue weighted by Crippen LogP contribution is 2.33. The van der Waals surface area contributed by atoms with E-state index in [1.165, 1.54) is 193 Å². The van der Waals surface area contributed by atoms with Crippen molar-refractivity contribution in [1.82, 2.24) is 5.32 Å². The normalized spacial score (nSPS) is 28.1. The molecule has 0 saturated carbocycles. The van der Waals surface area contributed by atoms with Crippen LogP contribution in [0, 0.1) is 0 Å². The van der Waals surface area contributed by atoms with Crippen LogP contribution < -0.4 is 5.32 Å². The Kier molecular flexibility index (Phi) is 49.1. The van der Waals surface area contributed by atoms with Crippen LogP contribution in [-0.4, -0.2) is 193 Å². The Morgan fingerprint density at radius 3 is 1.16 bits per heavy atom. The van der Waals surface area contributed by atoms with E-state index in [4.69, 9.17) is 28.4 Å². The zero-order valence-electron chi connectivity index (χ0n) is 56.3. The molecule has 12 N–H and O–H groups in total. The van der Waals surface area contributed by atoms with Gasteiger partial charge in [0.1, 0.15) is 73.2 Å². The maximum Gasteiger partial charge on any atom is 0.220 e. The second-order valence-corrected chi connectivity index (χ2v) is 26.0. The average Bonchev–Trinajstić information content (AvgIpc) is 0.871. The summed E-state index contributed by atoms with van der Waals surface area (Å²) in [5, 5.41) is 120. The lowest BCUT2D eigenvalue weighted by atomic mass is 9.96. The van der Waals surface area contributed by atoms with E-state index in [1.54, 1.807) is 6.08 Å². The summed E-state index contributed by atoms with van der Waals surface area (Å²) in [7, 11) is 0. The molecular formula is C72H131NO18. The molecule has 3 aliphatic rings. The second kappa shape index (κ2) is 53.8. The first-order valence-electron chi connectivity index (χ1n) is 36.4. The molecule has 0 bridgehead atoms. The van der Waals surface area contributed by atoms with Crippen molar-refractivity contribution in [2.45, 2.75) is 375 Å². The van der Waals surface area contributed by atoms with E-state index in [0.29, 0.717) is 12.8 Å². The molecule has 0 spiro atoms. The Bertz CT molecular complexity index is 1840. The largest absolute Gasteiger partial charge is 0.394 e. The van der Waals surface area contributed by atoms with Gasteiger partial charge in [-0.25, -0.2) is 0 Å². The van der Waals surface area contributed by atoms with Crippen molar-refractivity contribution in [2.75, 3.05) is 26.4 Å². The number of aliphatic hydroxyl groups is 11. The minimum atomic E-state index is -1.98. The van der Waals surface area contributed by atoms with Gasteiger partial charge in [-0.15, -0.1) is 0 Å². The highest BCUT2D eigenvalue weighted by Gasteiger charge is 2.53. The van der Waals surface area contributed by atoms with Crippen LogP contribution in [0.25, 0.3) is 0 Å². The number of ether oxygens (including phenoxy) is 6. The quantitative estimate of drug-likeness (QED) is 0.0199. The number of allylic oxidation sites excluding steroid dienone is 7. The fraction of sp³-hybridized carbons (Fsp3) is 0.875. The van der Waals surface area contributed by atoms with Crippen molar-refractivity contribution >= 4 is 5.91 Å². The predicted octanol–water partition coefficient (Wildman–Crippen LogP) is 10.2. The van der Waals surface area contributed by atoms with Crippen LogP contribution >= 0.6 is 0 Å². The number of aliphatic hydroxyl groups excluding tert-OH is 11. The lowest BCUT2D eigenvalue weighted by Crippen LogP contribution is -2.66. The van der Waals surface area contributed by atoms with Crippen LogP contribution in [0.5, 0.6) is 0 Å². The fourth-order valence-corrected chi connectivity index (χ4v) is 12.2. The summed E-state index contributed by atoms with van der Waals surface area (Å²) in [4.78, 5) is 13.4. The summed E-state index contributed by atoms with van der Waals surface area (Å²) in [6.07, 6.45) is 38.3. The molecule has 0 aromatic heterocycles. The van der Waals surface area contributed by atoms with Gasteiger partial charge in [-0.3, -0.25) is 4.79 Å². The first-order chi connectivity index (χ1) is 44.3. The third-order valence-corrected chi connectivity index (χ3v) is 18.1. The van der Waals surface area contributed by atoms with Crippen molar-refractivity contribution < 1.29 is 89.4 Å². The molecular weight excluding hydrogens is 1170 g/mol. The minimum absolute atomic E-state index is 0.238. The van der Waals surface area contributed by atoms with Gasteiger partial charge in [0.25, 0.3) is 0 Å². The number of unbranched alkanes of at least 4 members (excludes halogenated alkanes) is 34. The molecule has 19 heteroatoms. The predicted molar refractivity (Wildman–Crippen MR) is 356 cm³/mol. The molecule has 0 aromatic rings. The molecule has 532 valence electrons. The Morgan fingerprint density at radius 2 is 0.736 bits per heavy atom. The molecule has 19 nitrogen and oxygen atoms in total. The Morgan fingerprint density at radius 1 is 0.396 bits per heavy atom. The van der Waals surface area contributed by atoms with Crippen LogP contribution in [0.1, 0.15) is 271 Å². The molecule has 17 unspecified atom stereocenters. The van der Waals surface area contributed by atoms with Crippen molar-refractivity contribution in [1.29, 1.82) is 0 Å². The monoisotopic (exact) mass is 1300 g/mol. The van der Waals surface area contributed by atoms with Gasteiger partial charge < -0.3 is 89.9 Å². The molecule has 0 aliphatic carbocycles. The van der Waals surface area contributed by atoms with E-state index < -0.39 is 124 Å². The van der Waals surface area contributed by atoms with E-state index in [9.17, 15) is 61.0 Å². The van der Waals surface area contributed by atoms with Gasteiger partial charge in [0.2, 0.25) is 5.91 Å². The summed E-state index contributed by atoms with van der Waals surface area (Å²) < 4.78 is 34.3. The highest BCUT2D eigenvalue weighted by molar-refractivity contribution is 5.76. The van der Waals surface area contributed by atoms with Crippen LogP contribution in [0.15, 0.2) is 48.6 Å². The van der Waals surface area contributed by atoms with Crippen LogP contribution in [0.4, 0.5) is 0 Å². The third kappa shape index (κ3) is 35.5. The number of hydrogen-bond acceptors (Lipinski definition) is 18. The number of hydrogen-bond donors (Lipinski definition) is 12. The Balaban J connectivity index is 1.35. The molecule has 1 amide bonds. The van der Waals surface area contributed by atoms with Gasteiger partial charge in [0, 0.05) is 6.42 Å². The highest BCUT2D eigenvalue weighted by atomic mass is 16.8. The van der Waals surface area contributed by atoms with Gasteiger partial charge in [0.05, 0.1) is 38.6 Å². The number of rotatable bonds is 56. The third-order valence-electron chi connectivity index (χ3n) is 18.1. The zero-order valence-corrected chi connectivity index (χ0v) is 56.3. The van der Waals surface area contributed by atoms with Crippen molar-refractivity contribution in [3.63, 3.8) is 0 Å². The molecule has 3 saturated heterocycles. The molecule has 0 radical (unpaired) electrons. The first-order valence-corrected chi connectivity index (χ1v) is 36.4. The van der Waals surface area contributed by atoms with E-state index in [0.717, 1.165) is 44.9 Å². The van der Waals surface area contributed by atoms with Gasteiger partial charge in [-0.2, -0.15) is 0 Å². The molecule has 0 aromatic carbocycles. The van der Waals surface area contributed by atoms with E-state index in [1.807, 2.05) is 6.08 Å². The molecule has 3 heterocycles. The Labute approximate surface area is 548 Å². The minimum Gasteiger partial charge on any atom is -0.394 e. The second-order valence-electron chi connectivity index (χ2n) is 26.0. The smallest absolute Gasteiger partial charge is 0.220 e. The Hall–Kier alpha value is -2.25. The topological polar surface area (TPSA) is 307 Å². The molecule has 3 aliphatic heterocycles. The van der Waals surface area contributed by atoms with Gasteiger partial charge >= 0.3 is 0 Å². The van der Waals surface area contributed by atoms with Crippen LogP contribution in [-0.2, 0) is 33.2 Å². The first kappa shape index (κ1) is 83.0. The maximum absolute atomic E-state index is 13.4. The van der Waals surface area contributed by atoms with Gasteiger partial charge in [0.15, 0.2) is 18.9 Å². The van der Waals surface area contributed by atoms with Gasteiger partial charge in [-0.1, -0.05) is 249 Å². The molecule has 3 rings (SSSR count). The summed E-state index contributed by atoms with van der Waals surface area (Å²) in [5.41, 5.74) is 0. The summed E-state index contributed by atoms with van der Waals surface area (Å²) in [5.74, 6) is -0.283. The van der Waals surface area contributed by atoms with Crippen LogP contribution in [0.3, 0.4) is 0 Å². The van der Waals surface area contributed by atoms with E-state index in [2.05, 4.69) is 55.6 Å². The SMILES string of the molecule is CCCCCCC/C=C\C/C=C\CCCCCCCCCCCCCCCCCCCCCCCC(=O)NC(COC1OC(CO)C(OC2OC(CO)C(OC3OC(CO)C(O)C(O)C3O)C(O)C2O)C(O)C1O)C(O)/C=C/CC/C=C/CCCCCCCCC. The standard InChI is InChI=1S/C72H131NO18/c1-3-5-7-9-11-13-15-17-18-19-20-21-22-23-24-25-26-27-28-29-30-31-32-33-34-35-36-38-40-42-44-46-48-50-60(78)73-55(56(77)49-47-45-43-41-39-37-16-14-12-10-8-6-4-2)54-86-70-66(84)63(81)68(58(52-75)88-70)91-72-67(85)64(82)69(59(53-76)89-72)90-71-65(83)62(80)61(79)57(51-74)87-71/h15,17,19-20,39,41,47,49,55-59,61-72,74-77,79-85H,3-14,16,18,21-38,40,42-46,48,50-54H2,1-2H3,(H,73,78)/b17-15-,20-19-,41-39+,49-47+. The molecule has 3 fully saturated rings. The molecule has 91 heavy (non-hydrogen) atoms. The van der Waals surface area contributed by atoms with Gasteiger partial charge in [-0.05, 0) is 64.2 Å². The number of carbonyl (C=O) groups is 1. The summed E-state index contributed by atoms with van der Waals surface area (Å²) >= 11 is 0. The lowest BCUT2D eigenvalue weighted by Gasteiger charge is -2.48. The molecule has 17 atom stereocenters.